The van der Waals surface area contributed by atoms with Gasteiger partial charge in [0.05, 0.1) is 41.0 Å². The Kier molecular flexibility index (Phi) is 9.31. The van der Waals surface area contributed by atoms with E-state index < -0.39 is 28.1 Å². The SMILES string of the molecule is Cc1ccc(S(=O)(=O)Nc2cccc3c2O[C@H](CN(C)C(=O)Nc2cccc4ccccc24)[C@@H](C)CN([C@H](C)CO)C3=O)cc1. The van der Waals surface area contributed by atoms with Crippen LogP contribution >= 0.6 is 0 Å². The van der Waals surface area contributed by atoms with E-state index in [0.29, 0.717) is 5.69 Å². The second kappa shape index (κ2) is 13.2. The molecule has 0 bridgehead atoms. The van der Waals surface area contributed by atoms with E-state index in [9.17, 15) is 23.1 Å². The van der Waals surface area contributed by atoms with Crippen molar-refractivity contribution in [2.45, 2.75) is 37.8 Å². The van der Waals surface area contributed by atoms with Crippen LogP contribution in [0.1, 0.15) is 29.8 Å². The van der Waals surface area contributed by atoms with Crippen molar-refractivity contribution in [1.29, 1.82) is 0 Å². The summed E-state index contributed by atoms with van der Waals surface area (Å²) in [6.45, 7) is 5.63. The highest BCUT2D eigenvalue weighted by Gasteiger charge is 2.35. The number of carbonyl (C=O) groups excluding carboxylic acids is 2. The van der Waals surface area contributed by atoms with Crippen molar-refractivity contribution >= 4 is 44.1 Å². The van der Waals surface area contributed by atoms with Crippen molar-refractivity contribution in [2.75, 3.05) is 36.8 Å². The Morgan fingerprint density at radius 2 is 1.69 bits per heavy atom. The molecule has 0 saturated carbocycles. The summed E-state index contributed by atoms with van der Waals surface area (Å²) in [4.78, 5) is 30.3. The molecule has 1 aliphatic rings. The van der Waals surface area contributed by atoms with Crippen LogP contribution in [0.25, 0.3) is 10.8 Å². The first-order valence-corrected chi connectivity index (χ1v) is 16.3. The Labute approximate surface area is 263 Å². The number of para-hydroxylation sites is 1. The third kappa shape index (κ3) is 6.89. The number of nitrogens with one attached hydrogen (secondary N) is 2. The molecule has 0 saturated heterocycles. The lowest BCUT2D eigenvalue weighted by atomic mass is 9.99. The van der Waals surface area contributed by atoms with Crippen LogP contribution in [-0.2, 0) is 10.0 Å². The van der Waals surface area contributed by atoms with Crippen molar-refractivity contribution in [3.63, 3.8) is 0 Å². The topological polar surface area (TPSA) is 128 Å². The molecule has 1 aliphatic heterocycles. The van der Waals surface area contributed by atoms with Gasteiger partial charge in [0.25, 0.3) is 15.9 Å². The molecule has 0 unspecified atom stereocenters. The zero-order valence-corrected chi connectivity index (χ0v) is 26.5. The lowest BCUT2D eigenvalue weighted by Crippen LogP contribution is -2.50. The maximum atomic E-state index is 13.8. The maximum absolute atomic E-state index is 13.8. The van der Waals surface area contributed by atoms with E-state index in [1.54, 1.807) is 43.1 Å². The molecular weight excluding hydrogens is 592 g/mol. The zero-order chi connectivity index (χ0) is 32.3. The van der Waals surface area contributed by atoms with E-state index in [1.807, 2.05) is 56.3 Å². The molecule has 10 nitrogen and oxygen atoms in total. The van der Waals surface area contributed by atoms with Gasteiger partial charge in [-0.1, -0.05) is 67.1 Å². The van der Waals surface area contributed by atoms with Crippen molar-refractivity contribution in [3.8, 4) is 5.75 Å². The fraction of sp³-hybridized carbons (Fsp3) is 0.294. The van der Waals surface area contributed by atoms with Gasteiger partial charge in [0.15, 0.2) is 5.75 Å². The van der Waals surface area contributed by atoms with E-state index in [0.717, 1.165) is 16.3 Å². The molecule has 0 fully saturated rings. The molecule has 0 aliphatic carbocycles. The first-order valence-electron chi connectivity index (χ1n) is 14.8. The van der Waals surface area contributed by atoms with Crippen LogP contribution in [0, 0.1) is 12.8 Å². The zero-order valence-electron chi connectivity index (χ0n) is 25.7. The predicted molar refractivity (Wildman–Crippen MR) is 175 cm³/mol. The minimum atomic E-state index is -4.03. The summed E-state index contributed by atoms with van der Waals surface area (Å²) < 4.78 is 35.9. The Morgan fingerprint density at radius 1 is 1.02 bits per heavy atom. The number of likely N-dealkylation sites (N-methyl/N-ethyl adjacent to an activating group) is 1. The second-order valence-electron chi connectivity index (χ2n) is 11.6. The van der Waals surface area contributed by atoms with Crippen LogP contribution in [0.15, 0.2) is 89.8 Å². The number of carbonyl (C=O) groups is 2. The quantitative estimate of drug-likeness (QED) is 0.241. The molecule has 0 aromatic heterocycles. The molecule has 4 aromatic rings. The standard InChI is InChI=1S/C34H38N4O6S/c1-22-15-17-26(18-16-22)45(42,43)36-30-14-8-12-28-32(30)44-31(23(2)19-38(33(28)40)24(3)21-39)20-37(4)34(41)35-29-13-7-10-25-9-5-6-11-27(25)29/h5-18,23-24,31,36,39H,19-21H2,1-4H3,(H,35,41)/t23-,24+,31+/m0/s1. The lowest BCUT2D eigenvalue weighted by molar-refractivity contribution is 0.0373. The summed E-state index contributed by atoms with van der Waals surface area (Å²) in [7, 11) is -2.37. The van der Waals surface area contributed by atoms with E-state index in [4.69, 9.17) is 4.74 Å². The average molecular weight is 631 g/mol. The van der Waals surface area contributed by atoms with Gasteiger partial charge in [-0.3, -0.25) is 9.52 Å². The highest BCUT2D eigenvalue weighted by Crippen LogP contribution is 2.36. The number of benzene rings is 4. The fourth-order valence-corrected chi connectivity index (χ4v) is 6.42. The Balaban J connectivity index is 1.47. The van der Waals surface area contributed by atoms with Gasteiger partial charge < -0.3 is 25.0 Å². The minimum Gasteiger partial charge on any atom is -0.485 e. The molecule has 11 heteroatoms. The molecule has 3 amide bonds. The van der Waals surface area contributed by atoms with Crippen molar-refractivity contribution < 1.29 is 27.9 Å². The normalized spacial score (nSPS) is 17.4. The van der Waals surface area contributed by atoms with Gasteiger partial charge in [-0.25, -0.2) is 13.2 Å². The number of hydrogen-bond donors (Lipinski definition) is 3. The van der Waals surface area contributed by atoms with Gasteiger partial charge in [-0.05, 0) is 49.6 Å². The van der Waals surface area contributed by atoms with Gasteiger partial charge in [-0.2, -0.15) is 0 Å². The molecule has 3 N–H and O–H groups in total. The van der Waals surface area contributed by atoms with Crippen LogP contribution < -0.4 is 14.8 Å². The number of aliphatic hydroxyl groups is 1. The third-order valence-electron chi connectivity index (χ3n) is 8.10. The molecule has 5 rings (SSSR count). The molecule has 236 valence electrons. The highest BCUT2D eigenvalue weighted by molar-refractivity contribution is 7.92. The number of aliphatic hydroxyl groups excluding tert-OH is 1. The highest BCUT2D eigenvalue weighted by atomic mass is 32.2. The Bertz CT molecular complexity index is 1810. The summed E-state index contributed by atoms with van der Waals surface area (Å²) in [6, 6.07) is 23.7. The molecule has 1 heterocycles. The van der Waals surface area contributed by atoms with Crippen LogP contribution in [0.3, 0.4) is 0 Å². The number of aryl methyl sites for hydroxylation is 1. The predicted octanol–water partition coefficient (Wildman–Crippen LogP) is 5.33. The number of nitrogens with zero attached hydrogens (tertiary/aromatic N) is 2. The number of sulfonamides is 1. The molecular formula is C34H38N4O6S. The van der Waals surface area contributed by atoms with Crippen LogP contribution in [0.2, 0.25) is 0 Å². The number of fused-ring (bicyclic) bond motifs is 2. The summed E-state index contributed by atoms with van der Waals surface area (Å²) in [6.07, 6.45) is -0.640. The number of urea groups is 1. The number of amides is 3. The fourth-order valence-electron chi connectivity index (χ4n) is 5.36. The molecule has 45 heavy (non-hydrogen) atoms. The van der Waals surface area contributed by atoms with Crippen molar-refractivity contribution in [2.24, 2.45) is 5.92 Å². The third-order valence-corrected chi connectivity index (χ3v) is 9.48. The van der Waals surface area contributed by atoms with Gasteiger partial charge >= 0.3 is 6.03 Å². The first-order chi connectivity index (χ1) is 21.5. The molecule has 0 radical (unpaired) electrons. The average Bonchev–Trinajstić information content (AvgIpc) is 3.02. The molecule has 3 atom stereocenters. The minimum absolute atomic E-state index is 0.0627. The van der Waals surface area contributed by atoms with E-state index in [1.165, 1.54) is 23.1 Å². The lowest BCUT2D eigenvalue weighted by Gasteiger charge is -2.38. The summed E-state index contributed by atoms with van der Waals surface area (Å²) >= 11 is 0. The number of rotatable bonds is 8. The van der Waals surface area contributed by atoms with Crippen LogP contribution in [0.5, 0.6) is 5.75 Å². The monoisotopic (exact) mass is 630 g/mol. The van der Waals surface area contributed by atoms with Gasteiger partial charge in [0, 0.05) is 24.9 Å². The number of anilines is 2. The largest absolute Gasteiger partial charge is 0.485 e. The van der Waals surface area contributed by atoms with Crippen molar-refractivity contribution in [1.82, 2.24) is 9.80 Å². The first kappa shape index (κ1) is 31.8. The summed E-state index contributed by atoms with van der Waals surface area (Å²) in [5, 5.41) is 14.9. The summed E-state index contributed by atoms with van der Waals surface area (Å²) in [5.74, 6) is -0.631. The van der Waals surface area contributed by atoms with Gasteiger partial charge in [-0.15, -0.1) is 0 Å². The van der Waals surface area contributed by atoms with E-state index in [2.05, 4.69) is 10.0 Å². The van der Waals surface area contributed by atoms with Gasteiger partial charge in [0.1, 0.15) is 6.10 Å². The van der Waals surface area contributed by atoms with E-state index >= 15 is 0 Å². The second-order valence-corrected chi connectivity index (χ2v) is 13.2. The van der Waals surface area contributed by atoms with Crippen molar-refractivity contribution in [3.05, 3.63) is 96.1 Å². The van der Waals surface area contributed by atoms with Crippen LogP contribution in [-0.4, -0.2) is 74.2 Å². The molecule has 0 spiro atoms. The number of ether oxygens (including phenoxy) is 1. The van der Waals surface area contributed by atoms with Crippen LogP contribution in [0.4, 0.5) is 16.2 Å². The van der Waals surface area contributed by atoms with E-state index in [-0.39, 0.29) is 53.5 Å². The number of hydrogen-bond acceptors (Lipinski definition) is 6. The maximum Gasteiger partial charge on any atom is 0.321 e. The summed E-state index contributed by atoms with van der Waals surface area (Å²) in [5.41, 5.74) is 1.83. The Morgan fingerprint density at radius 3 is 2.42 bits per heavy atom. The Hall–Kier alpha value is -4.61. The smallest absolute Gasteiger partial charge is 0.321 e. The molecule has 4 aromatic carbocycles. The van der Waals surface area contributed by atoms with Gasteiger partial charge in [0.2, 0.25) is 0 Å².